The number of fused-ring (bicyclic) bond motifs is 2. The van der Waals surface area contributed by atoms with Gasteiger partial charge in [0.1, 0.15) is 11.0 Å². The van der Waals surface area contributed by atoms with Crippen LogP contribution in [-0.2, 0) is 4.74 Å². The molecule has 4 rings (SSSR count). The van der Waals surface area contributed by atoms with Crippen LogP contribution in [0.2, 0.25) is 0 Å². The average Bonchev–Trinajstić information content (AvgIpc) is 2.97. The number of aryl methyl sites for hydroxylation is 1. The molecule has 0 spiro atoms. The van der Waals surface area contributed by atoms with Crippen LogP contribution in [0.25, 0.3) is 11.0 Å². The van der Waals surface area contributed by atoms with Gasteiger partial charge < -0.3 is 10.1 Å². The second-order valence-electron chi connectivity index (χ2n) is 5.59. The Morgan fingerprint density at radius 2 is 2.30 bits per heavy atom. The Bertz CT molecular complexity index is 627. The largest absolute Gasteiger partial charge is 0.370 e. The standard InChI is InChI=1S/C14H18N4O2/c1-9-11(2-3-12-14(9)17-20-16-12)13-7-18-5-4-15-6-10(18)8-19-13/h2-3,10,13,15H,4-8H2,1H3/t10?,13-/m0/s1. The second-order valence-corrected chi connectivity index (χ2v) is 5.59. The molecule has 0 saturated carbocycles. The first kappa shape index (κ1) is 12.3. The summed E-state index contributed by atoms with van der Waals surface area (Å²) in [5, 5.41) is 11.3. The van der Waals surface area contributed by atoms with Crippen molar-refractivity contribution in [3.05, 3.63) is 23.3 Å². The zero-order valence-electron chi connectivity index (χ0n) is 11.5. The molecule has 1 aromatic heterocycles. The minimum absolute atomic E-state index is 0.116. The summed E-state index contributed by atoms with van der Waals surface area (Å²) < 4.78 is 10.9. The minimum atomic E-state index is 0.116. The van der Waals surface area contributed by atoms with Crippen molar-refractivity contribution in [2.45, 2.75) is 19.1 Å². The summed E-state index contributed by atoms with van der Waals surface area (Å²) in [7, 11) is 0. The van der Waals surface area contributed by atoms with Gasteiger partial charge in [-0.25, -0.2) is 4.63 Å². The number of ether oxygens (including phenoxy) is 1. The van der Waals surface area contributed by atoms with E-state index in [1.807, 2.05) is 6.07 Å². The molecule has 1 unspecified atom stereocenters. The van der Waals surface area contributed by atoms with Gasteiger partial charge in [0, 0.05) is 32.2 Å². The van der Waals surface area contributed by atoms with Crippen molar-refractivity contribution in [2.24, 2.45) is 0 Å². The summed E-state index contributed by atoms with van der Waals surface area (Å²) >= 11 is 0. The third-order valence-electron chi connectivity index (χ3n) is 4.43. The maximum absolute atomic E-state index is 6.08. The highest BCUT2D eigenvalue weighted by Crippen LogP contribution is 2.30. The number of hydrogen-bond donors (Lipinski definition) is 1. The van der Waals surface area contributed by atoms with E-state index < -0.39 is 0 Å². The number of nitrogens with zero attached hydrogens (tertiary/aromatic N) is 3. The maximum atomic E-state index is 6.08. The van der Waals surface area contributed by atoms with Crippen LogP contribution >= 0.6 is 0 Å². The van der Waals surface area contributed by atoms with Gasteiger partial charge in [-0.2, -0.15) is 0 Å². The summed E-state index contributed by atoms with van der Waals surface area (Å²) in [5.74, 6) is 0. The van der Waals surface area contributed by atoms with E-state index >= 15 is 0 Å². The van der Waals surface area contributed by atoms with E-state index in [1.165, 1.54) is 5.56 Å². The van der Waals surface area contributed by atoms with Gasteiger partial charge in [0.15, 0.2) is 0 Å². The number of rotatable bonds is 1. The molecule has 3 heterocycles. The molecule has 6 heteroatoms. The number of hydrogen-bond acceptors (Lipinski definition) is 6. The molecule has 106 valence electrons. The van der Waals surface area contributed by atoms with E-state index in [1.54, 1.807) is 0 Å². The first-order chi connectivity index (χ1) is 9.83. The molecule has 0 aliphatic carbocycles. The Morgan fingerprint density at radius 3 is 3.25 bits per heavy atom. The Morgan fingerprint density at radius 1 is 1.35 bits per heavy atom. The van der Waals surface area contributed by atoms with Crippen LogP contribution in [-0.4, -0.2) is 54.0 Å². The molecule has 2 aromatic rings. The predicted octanol–water partition coefficient (Wildman–Crippen LogP) is 0.876. The van der Waals surface area contributed by atoms with Crippen LogP contribution in [0.1, 0.15) is 17.2 Å². The molecule has 1 N–H and O–H groups in total. The fourth-order valence-electron chi connectivity index (χ4n) is 3.23. The fraction of sp³-hybridized carbons (Fsp3) is 0.571. The Kier molecular flexibility index (Phi) is 2.94. The normalized spacial score (nSPS) is 27.6. The van der Waals surface area contributed by atoms with Crippen molar-refractivity contribution in [3.63, 3.8) is 0 Å². The number of piperazine rings is 1. The fourth-order valence-corrected chi connectivity index (χ4v) is 3.23. The lowest BCUT2D eigenvalue weighted by molar-refractivity contribution is -0.0719. The molecule has 1 aromatic carbocycles. The summed E-state index contributed by atoms with van der Waals surface area (Å²) in [6.45, 7) is 6.98. The van der Waals surface area contributed by atoms with Crippen LogP contribution in [0.15, 0.2) is 16.8 Å². The Hall–Kier alpha value is -1.50. The van der Waals surface area contributed by atoms with Gasteiger partial charge in [0.05, 0.1) is 12.7 Å². The zero-order valence-corrected chi connectivity index (χ0v) is 11.5. The van der Waals surface area contributed by atoms with Crippen LogP contribution in [0.5, 0.6) is 0 Å². The van der Waals surface area contributed by atoms with E-state index in [4.69, 9.17) is 9.37 Å². The first-order valence-electron chi connectivity index (χ1n) is 7.11. The molecule has 0 amide bonds. The summed E-state index contributed by atoms with van der Waals surface area (Å²) in [4.78, 5) is 2.52. The van der Waals surface area contributed by atoms with Crippen LogP contribution in [0.3, 0.4) is 0 Å². The number of aromatic nitrogens is 2. The number of nitrogens with one attached hydrogen (secondary N) is 1. The highest BCUT2D eigenvalue weighted by Gasteiger charge is 2.32. The summed E-state index contributed by atoms with van der Waals surface area (Å²) in [6, 6.07) is 4.56. The van der Waals surface area contributed by atoms with Crippen molar-refractivity contribution in [2.75, 3.05) is 32.8 Å². The lowest BCUT2D eigenvalue weighted by atomic mass is 9.99. The first-order valence-corrected chi connectivity index (χ1v) is 7.11. The number of benzene rings is 1. The molecule has 0 bridgehead atoms. The van der Waals surface area contributed by atoms with Crippen LogP contribution in [0.4, 0.5) is 0 Å². The lowest BCUT2D eigenvalue weighted by Crippen LogP contribution is -2.57. The van der Waals surface area contributed by atoms with Gasteiger partial charge >= 0.3 is 0 Å². The molecule has 0 radical (unpaired) electrons. The van der Waals surface area contributed by atoms with Gasteiger partial charge in [-0.05, 0) is 34.4 Å². The third-order valence-corrected chi connectivity index (χ3v) is 4.43. The monoisotopic (exact) mass is 274 g/mol. The maximum Gasteiger partial charge on any atom is 0.138 e. The van der Waals surface area contributed by atoms with Crippen LogP contribution in [0, 0.1) is 6.92 Å². The van der Waals surface area contributed by atoms with Crippen molar-refractivity contribution in [1.29, 1.82) is 0 Å². The molecule has 2 aliphatic rings. The third kappa shape index (κ3) is 1.91. The minimum Gasteiger partial charge on any atom is -0.370 e. The Labute approximate surface area is 117 Å². The van der Waals surface area contributed by atoms with Crippen molar-refractivity contribution in [1.82, 2.24) is 20.5 Å². The molecule has 2 atom stereocenters. The quantitative estimate of drug-likeness (QED) is 0.833. The van der Waals surface area contributed by atoms with E-state index in [9.17, 15) is 0 Å². The molecule has 6 nitrogen and oxygen atoms in total. The summed E-state index contributed by atoms with van der Waals surface area (Å²) in [5.41, 5.74) is 3.96. The molecular formula is C14H18N4O2. The van der Waals surface area contributed by atoms with E-state index in [0.29, 0.717) is 6.04 Å². The molecule has 2 aliphatic heterocycles. The Balaban J connectivity index is 1.64. The van der Waals surface area contributed by atoms with E-state index in [2.05, 4.69) is 33.5 Å². The molecular weight excluding hydrogens is 256 g/mol. The SMILES string of the molecule is Cc1c([C@@H]2CN3CCNCC3CO2)ccc2nonc12. The second kappa shape index (κ2) is 4.80. The van der Waals surface area contributed by atoms with Gasteiger partial charge in [0.25, 0.3) is 0 Å². The molecule has 20 heavy (non-hydrogen) atoms. The van der Waals surface area contributed by atoms with Gasteiger partial charge in [0.2, 0.25) is 0 Å². The van der Waals surface area contributed by atoms with Crippen molar-refractivity contribution < 1.29 is 9.37 Å². The topological polar surface area (TPSA) is 63.4 Å². The van der Waals surface area contributed by atoms with Gasteiger partial charge in [-0.3, -0.25) is 4.90 Å². The smallest absolute Gasteiger partial charge is 0.138 e. The predicted molar refractivity (Wildman–Crippen MR) is 73.5 cm³/mol. The highest BCUT2D eigenvalue weighted by atomic mass is 16.6. The molecule has 2 saturated heterocycles. The lowest BCUT2D eigenvalue weighted by Gasteiger charge is -2.43. The zero-order chi connectivity index (χ0) is 13.5. The van der Waals surface area contributed by atoms with Crippen molar-refractivity contribution in [3.8, 4) is 0 Å². The average molecular weight is 274 g/mol. The van der Waals surface area contributed by atoms with Crippen molar-refractivity contribution >= 4 is 11.0 Å². The van der Waals surface area contributed by atoms with Gasteiger partial charge in [-0.1, -0.05) is 6.07 Å². The number of morpholine rings is 1. The summed E-state index contributed by atoms with van der Waals surface area (Å²) in [6.07, 6.45) is 0.116. The van der Waals surface area contributed by atoms with Crippen LogP contribution < -0.4 is 5.32 Å². The molecule has 2 fully saturated rings. The van der Waals surface area contributed by atoms with Gasteiger partial charge in [-0.15, -0.1) is 0 Å². The van der Waals surface area contributed by atoms with E-state index in [0.717, 1.165) is 49.4 Å². The van der Waals surface area contributed by atoms with E-state index in [-0.39, 0.29) is 6.10 Å². The highest BCUT2D eigenvalue weighted by molar-refractivity contribution is 5.78.